The summed E-state index contributed by atoms with van der Waals surface area (Å²) < 4.78 is 1.50. The summed E-state index contributed by atoms with van der Waals surface area (Å²) in [6.07, 6.45) is 4.17. The highest BCUT2D eigenvalue weighted by Gasteiger charge is 2.24. The van der Waals surface area contributed by atoms with E-state index in [0.717, 1.165) is 37.1 Å². The predicted molar refractivity (Wildman–Crippen MR) is 138 cm³/mol. The molecule has 1 saturated heterocycles. The lowest BCUT2D eigenvalue weighted by Crippen LogP contribution is -2.36. The van der Waals surface area contributed by atoms with E-state index in [1.165, 1.54) is 27.3 Å². The second-order valence-corrected chi connectivity index (χ2v) is 9.47. The summed E-state index contributed by atoms with van der Waals surface area (Å²) in [5.41, 5.74) is 5.96. The highest BCUT2D eigenvalue weighted by Crippen LogP contribution is 2.34. The Kier molecular flexibility index (Phi) is 7.49. The van der Waals surface area contributed by atoms with Gasteiger partial charge < -0.3 is 14.7 Å². The van der Waals surface area contributed by atoms with Crippen LogP contribution in [0.15, 0.2) is 76.8 Å². The third-order valence-corrected chi connectivity index (χ3v) is 7.25. The molecule has 1 fully saturated rings. The molecule has 2 heterocycles. The number of hydrogen-bond acceptors (Lipinski definition) is 4. The number of carbonyl (C=O) groups excluding carboxylic acids is 1. The molecule has 4 rings (SSSR count). The van der Waals surface area contributed by atoms with Gasteiger partial charge in [-0.2, -0.15) is 0 Å². The number of aryl methyl sites for hydroxylation is 2. The van der Waals surface area contributed by atoms with Gasteiger partial charge in [-0.25, -0.2) is 0 Å². The van der Waals surface area contributed by atoms with Gasteiger partial charge in [-0.1, -0.05) is 53.7 Å². The standard InChI is InChI=1S/C29H33N3O3/c1-20-6-4-5-7-26(20)27(18-28(30-35)25-12-13-29(34)31(3)19-25)24-10-8-22(9-11-24)23-14-16-32(17-15-23)21(2)33/h4-13,19,23,27,35H,14-18H2,1-3H3/b30-28-. The van der Waals surface area contributed by atoms with Gasteiger partial charge in [-0.15, -0.1) is 0 Å². The number of benzene rings is 2. The van der Waals surface area contributed by atoms with Crippen molar-refractivity contribution in [2.45, 2.75) is 44.9 Å². The van der Waals surface area contributed by atoms with Crippen molar-refractivity contribution in [3.8, 4) is 0 Å². The number of amides is 1. The minimum absolute atomic E-state index is 0.00653. The van der Waals surface area contributed by atoms with Gasteiger partial charge in [-0.3, -0.25) is 9.59 Å². The molecular weight excluding hydrogens is 438 g/mol. The minimum atomic E-state index is -0.105. The van der Waals surface area contributed by atoms with Crippen LogP contribution >= 0.6 is 0 Å². The first-order chi connectivity index (χ1) is 16.9. The number of nitrogens with zero attached hydrogens (tertiary/aromatic N) is 3. The summed E-state index contributed by atoms with van der Waals surface area (Å²) in [6.45, 7) is 5.36. The van der Waals surface area contributed by atoms with Gasteiger partial charge in [0.25, 0.3) is 0 Å². The van der Waals surface area contributed by atoms with Crippen molar-refractivity contribution < 1.29 is 10.0 Å². The number of carbonyl (C=O) groups is 1. The Morgan fingerprint density at radius 3 is 2.34 bits per heavy atom. The van der Waals surface area contributed by atoms with E-state index in [1.54, 1.807) is 26.2 Å². The number of piperidine rings is 1. The maximum Gasteiger partial charge on any atom is 0.250 e. The van der Waals surface area contributed by atoms with E-state index in [0.29, 0.717) is 18.1 Å². The van der Waals surface area contributed by atoms with Crippen molar-refractivity contribution in [2.24, 2.45) is 12.2 Å². The largest absolute Gasteiger partial charge is 0.411 e. The molecule has 1 aromatic heterocycles. The second kappa shape index (κ2) is 10.7. The maximum atomic E-state index is 11.8. The Labute approximate surface area is 206 Å². The van der Waals surface area contributed by atoms with Gasteiger partial charge in [0.05, 0.1) is 5.71 Å². The molecule has 1 aliphatic rings. The van der Waals surface area contributed by atoms with Crippen LogP contribution in [0, 0.1) is 6.92 Å². The van der Waals surface area contributed by atoms with Gasteiger partial charge >= 0.3 is 0 Å². The van der Waals surface area contributed by atoms with Crippen molar-refractivity contribution in [1.29, 1.82) is 0 Å². The molecule has 1 unspecified atom stereocenters. The molecule has 182 valence electrons. The van der Waals surface area contributed by atoms with Gasteiger partial charge in [0, 0.05) is 57.2 Å². The monoisotopic (exact) mass is 471 g/mol. The normalized spacial score (nSPS) is 15.7. The van der Waals surface area contributed by atoms with Crippen molar-refractivity contribution in [3.63, 3.8) is 0 Å². The number of hydrogen-bond donors (Lipinski definition) is 1. The van der Waals surface area contributed by atoms with Gasteiger partial charge in [-0.05, 0) is 54.0 Å². The lowest BCUT2D eigenvalue weighted by atomic mass is 9.82. The zero-order valence-electron chi connectivity index (χ0n) is 20.6. The summed E-state index contributed by atoms with van der Waals surface area (Å²) in [6, 6.07) is 20.3. The number of oxime groups is 1. The molecule has 35 heavy (non-hydrogen) atoms. The summed E-state index contributed by atoms with van der Waals surface area (Å²) in [4.78, 5) is 25.4. The van der Waals surface area contributed by atoms with Crippen LogP contribution in [-0.4, -0.2) is 39.4 Å². The molecule has 0 radical (unpaired) electrons. The third kappa shape index (κ3) is 5.53. The van der Waals surface area contributed by atoms with E-state index in [1.807, 2.05) is 17.0 Å². The number of rotatable bonds is 6. The van der Waals surface area contributed by atoms with E-state index in [9.17, 15) is 14.8 Å². The Balaban J connectivity index is 1.62. The molecule has 1 N–H and O–H groups in total. The van der Waals surface area contributed by atoms with Crippen LogP contribution in [-0.2, 0) is 11.8 Å². The molecule has 6 heteroatoms. The zero-order valence-corrected chi connectivity index (χ0v) is 20.6. The van der Waals surface area contributed by atoms with E-state index in [4.69, 9.17) is 0 Å². The van der Waals surface area contributed by atoms with Crippen molar-refractivity contribution in [2.75, 3.05) is 13.1 Å². The zero-order chi connectivity index (χ0) is 24.9. The van der Waals surface area contributed by atoms with Crippen molar-refractivity contribution >= 4 is 11.6 Å². The van der Waals surface area contributed by atoms with E-state index < -0.39 is 0 Å². The molecule has 2 aromatic carbocycles. The smallest absolute Gasteiger partial charge is 0.250 e. The first-order valence-corrected chi connectivity index (χ1v) is 12.2. The molecule has 1 aliphatic heterocycles. The van der Waals surface area contributed by atoms with Gasteiger partial charge in [0.2, 0.25) is 11.5 Å². The van der Waals surface area contributed by atoms with Crippen LogP contribution in [0.2, 0.25) is 0 Å². The predicted octanol–water partition coefficient (Wildman–Crippen LogP) is 4.82. The first kappa shape index (κ1) is 24.5. The molecule has 0 aliphatic carbocycles. The fourth-order valence-electron chi connectivity index (χ4n) is 5.09. The molecule has 0 bridgehead atoms. The lowest BCUT2D eigenvalue weighted by Gasteiger charge is -2.31. The number of likely N-dealkylation sites (tertiary alicyclic amines) is 1. The summed E-state index contributed by atoms with van der Waals surface area (Å²) >= 11 is 0. The quantitative estimate of drug-likeness (QED) is 0.318. The Morgan fingerprint density at radius 1 is 1.06 bits per heavy atom. The first-order valence-electron chi connectivity index (χ1n) is 12.2. The molecule has 3 aromatic rings. The molecular formula is C29H33N3O3. The fraction of sp³-hybridized carbons (Fsp3) is 0.345. The van der Waals surface area contributed by atoms with Crippen LogP contribution in [0.25, 0.3) is 0 Å². The van der Waals surface area contributed by atoms with Crippen LogP contribution in [0.3, 0.4) is 0 Å². The van der Waals surface area contributed by atoms with Crippen LogP contribution in [0.4, 0.5) is 0 Å². The SMILES string of the molecule is CC(=O)N1CCC(c2ccc(C(C/C(=N/O)c3ccc(=O)n(C)c3)c3ccccc3C)cc2)CC1. The highest BCUT2D eigenvalue weighted by molar-refractivity contribution is 6.00. The average molecular weight is 472 g/mol. The average Bonchev–Trinajstić information content (AvgIpc) is 2.87. The lowest BCUT2D eigenvalue weighted by molar-refractivity contribution is -0.129. The Morgan fingerprint density at radius 2 is 1.74 bits per heavy atom. The van der Waals surface area contributed by atoms with Crippen molar-refractivity contribution in [3.05, 3.63) is 105 Å². The molecule has 6 nitrogen and oxygen atoms in total. The molecule has 0 spiro atoms. The summed E-state index contributed by atoms with van der Waals surface area (Å²) in [5.74, 6) is 0.601. The molecule has 1 atom stereocenters. The van der Waals surface area contributed by atoms with E-state index >= 15 is 0 Å². The number of pyridine rings is 1. The fourth-order valence-corrected chi connectivity index (χ4v) is 5.09. The highest BCUT2D eigenvalue weighted by atomic mass is 16.4. The molecule has 1 amide bonds. The van der Waals surface area contributed by atoms with Crippen molar-refractivity contribution in [1.82, 2.24) is 9.47 Å². The maximum absolute atomic E-state index is 11.8. The number of aromatic nitrogens is 1. The summed E-state index contributed by atoms with van der Waals surface area (Å²) in [7, 11) is 1.69. The Hall–Kier alpha value is -3.67. The minimum Gasteiger partial charge on any atom is -0.411 e. The van der Waals surface area contributed by atoms with Gasteiger partial charge in [0.15, 0.2) is 0 Å². The van der Waals surface area contributed by atoms with Crippen LogP contribution in [0.5, 0.6) is 0 Å². The second-order valence-electron chi connectivity index (χ2n) is 9.47. The van der Waals surface area contributed by atoms with E-state index in [2.05, 4.69) is 48.5 Å². The summed E-state index contributed by atoms with van der Waals surface area (Å²) in [5, 5.41) is 13.5. The van der Waals surface area contributed by atoms with E-state index in [-0.39, 0.29) is 17.4 Å². The van der Waals surface area contributed by atoms with Crippen LogP contribution in [0.1, 0.15) is 65.8 Å². The Bertz CT molecular complexity index is 1270. The topological polar surface area (TPSA) is 74.9 Å². The van der Waals surface area contributed by atoms with Crippen LogP contribution < -0.4 is 5.56 Å². The van der Waals surface area contributed by atoms with Gasteiger partial charge in [0.1, 0.15) is 0 Å². The third-order valence-electron chi connectivity index (χ3n) is 7.25. The molecule has 0 saturated carbocycles.